The van der Waals surface area contributed by atoms with Gasteiger partial charge in [0.2, 0.25) is 0 Å². The molecule has 2 saturated carbocycles. The summed E-state index contributed by atoms with van der Waals surface area (Å²) in [6.45, 7) is 0. The fraction of sp³-hybridized carbons (Fsp3) is 0.600. The van der Waals surface area contributed by atoms with Crippen molar-refractivity contribution in [2.24, 2.45) is 11.1 Å². The van der Waals surface area contributed by atoms with Crippen LogP contribution in [0.1, 0.15) is 38.5 Å². The molecule has 2 aliphatic carbocycles. The summed E-state index contributed by atoms with van der Waals surface area (Å²) in [5.74, 6) is 0.784. The van der Waals surface area contributed by atoms with Gasteiger partial charge in [-0.2, -0.15) is 0 Å². The van der Waals surface area contributed by atoms with Gasteiger partial charge in [0, 0.05) is 22.4 Å². The Morgan fingerprint density at radius 2 is 2.00 bits per heavy atom. The van der Waals surface area contributed by atoms with E-state index in [0.29, 0.717) is 11.1 Å². The average Bonchev–Trinajstić information content (AvgIpc) is 2.42. The molecule has 0 aromatic heterocycles. The van der Waals surface area contributed by atoms with Crippen LogP contribution in [0, 0.1) is 5.41 Å². The SMILES string of the molecule is NC1CC(Oc2ccc(Br)cc2Cl)C12CCCCC2. The van der Waals surface area contributed by atoms with Crippen molar-refractivity contribution in [2.45, 2.75) is 50.7 Å². The summed E-state index contributed by atoms with van der Waals surface area (Å²) in [7, 11) is 0. The second-order valence-corrected chi connectivity index (χ2v) is 7.14. The Morgan fingerprint density at radius 3 is 2.63 bits per heavy atom. The van der Waals surface area contributed by atoms with Crippen molar-refractivity contribution in [1.29, 1.82) is 0 Å². The van der Waals surface area contributed by atoms with Gasteiger partial charge in [0.15, 0.2) is 0 Å². The highest BCUT2D eigenvalue weighted by molar-refractivity contribution is 9.10. The zero-order valence-electron chi connectivity index (χ0n) is 10.9. The minimum Gasteiger partial charge on any atom is -0.488 e. The molecule has 0 saturated heterocycles. The van der Waals surface area contributed by atoms with Gasteiger partial charge >= 0.3 is 0 Å². The fourth-order valence-corrected chi connectivity index (χ4v) is 4.29. The van der Waals surface area contributed by atoms with Gasteiger partial charge in [0.25, 0.3) is 0 Å². The molecule has 2 N–H and O–H groups in total. The van der Waals surface area contributed by atoms with Crippen LogP contribution in [-0.4, -0.2) is 12.1 Å². The van der Waals surface area contributed by atoms with Crippen LogP contribution in [0.25, 0.3) is 0 Å². The number of halogens is 2. The fourth-order valence-electron chi connectivity index (χ4n) is 3.57. The predicted octanol–water partition coefficient (Wildman–Crippen LogP) is 4.53. The topological polar surface area (TPSA) is 35.2 Å². The first-order chi connectivity index (χ1) is 9.12. The van der Waals surface area contributed by atoms with E-state index < -0.39 is 0 Å². The van der Waals surface area contributed by atoms with Crippen molar-refractivity contribution in [3.05, 3.63) is 27.7 Å². The number of rotatable bonds is 2. The molecule has 0 bridgehead atoms. The summed E-state index contributed by atoms with van der Waals surface area (Å²) in [4.78, 5) is 0. The van der Waals surface area contributed by atoms with Crippen LogP contribution in [0.3, 0.4) is 0 Å². The van der Waals surface area contributed by atoms with E-state index in [9.17, 15) is 0 Å². The predicted molar refractivity (Wildman–Crippen MR) is 81.7 cm³/mol. The van der Waals surface area contributed by atoms with Gasteiger partial charge in [-0.25, -0.2) is 0 Å². The smallest absolute Gasteiger partial charge is 0.138 e. The molecule has 1 aromatic carbocycles. The molecule has 4 heteroatoms. The Kier molecular flexibility index (Phi) is 3.80. The normalized spacial score (nSPS) is 29.0. The quantitative estimate of drug-likeness (QED) is 0.855. The van der Waals surface area contributed by atoms with Gasteiger partial charge in [-0.3, -0.25) is 0 Å². The van der Waals surface area contributed by atoms with Crippen molar-refractivity contribution in [2.75, 3.05) is 0 Å². The molecule has 2 aliphatic rings. The minimum atomic E-state index is 0.203. The van der Waals surface area contributed by atoms with Crippen molar-refractivity contribution < 1.29 is 4.74 Å². The Labute approximate surface area is 127 Å². The minimum absolute atomic E-state index is 0.203. The van der Waals surface area contributed by atoms with Crippen LogP contribution >= 0.6 is 27.5 Å². The second kappa shape index (κ2) is 5.27. The third-order valence-corrected chi connectivity index (χ3v) is 5.58. The van der Waals surface area contributed by atoms with Gasteiger partial charge < -0.3 is 10.5 Å². The van der Waals surface area contributed by atoms with E-state index in [1.807, 2.05) is 18.2 Å². The maximum atomic E-state index is 6.27. The number of nitrogens with two attached hydrogens (primary N) is 1. The van der Waals surface area contributed by atoms with Crippen LogP contribution in [-0.2, 0) is 0 Å². The number of hydrogen-bond acceptors (Lipinski definition) is 2. The molecule has 0 heterocycles. The monoisotopic (exact) mass is 343 g/mol. The van der Waals surface area contributed by atoms with E-state index >= 15 is 0 Å². The third kappa shape index (κ3) is 2.41. The number of hydrogen-bond donors (Lipinski definition) is 1. The molecule has 2 unspecified atom stereocenters. The van der Waals surface area contributed by atoms with Crippen LogP contribution in [0.2, 0.25) is 5.02 Å². The first-order valence-electron chi connectivity index (χ1n) is 6.99. The lowest BCUT2D eigenvalue weighted by Gasteiger charge is -2.56. The van der Waals surface area contributed by atoms with Crippen LogP contribution < -0.4 is 10.5 Å². The largest absolute Gasteiger partial charge is 0.488 e. The van der Waals surface area contributed by atoms with E-state index in [2.05, 4.69) is 15.9 Å². The highest BCUT2D eigenvalue weighted by Gasteiger charge is 2.55. The van der Waals surface area contributed by atoms with E-state index in [1.54, 1.807) is 0 Å². The standard InChI is InChI=1S/C15H19BrClNO/c16-10-4-5-12(11(17)8-10)19-14-9-13(18)15(14)6-2-1-3-7-15/h4-5,8,13-14H,1-3,6-7,9,18H2. The lowest BCUT2D eigenvalue weighted by Crippen LogP contribution is -2.64. The van der Waals surface area contributed by atoms with Crippen LogP contribution in [0.4, 0.5) is 0 Å². The summed E-state index contributed by atoms with van der Waals surface area (Å²) >= 11 is 9.65. The van der Waals surface area contributed by atoms with Gasteiger partial charge in [0.05, 0.1) is 5.02 Å². The van der Waals surface area contributed by atoms with E-state index in [4.69, 9.17) is 22.1 Å². The second-order valence-electron chi connectivity index (χ2n) is 5.82. The van der Waals surface area contributed by atoms with Crippen molar-refractivity contribution in [3.8, 4) is 5.75 Å². The molecular formula is C15H19BrClNO. The molecule has 3 rings (SSSR count). The summed E-state index contributed by atoms with van der Waals surface area (Å²) < 4.78 is 7.14. The number of benzene rings is 1. The van der Waals surface area contributed by atoms with Crippen molar-refractivity contribution >= 4 is 27.5 Å². The highest BCUT2D eigenvalue weighted by Crippen LogP contribution is 2.52. The third-order valence-electron chi connectivity index (χ3n) is 4.80. The number of ether oxygens (including phenoxy) is 1. The van der Waals surface area contributed by atoms with Gasteiger partial charge in [-0.1, -0.05) is 46.8 Å². The van der Waals surface area contributed by atoms with Crippen molar-refractivity contribution in [1.82, 2.24) is 0 Å². The molecule has 2 nitrogen and oxygen atoms in total. The van der Waals surface area contributed by atoms with Crippen molar-refractivity contribution in [3.63, 3.8) is 0 Å². The molecule has 2 atom stereocenters. The molecule has 1 spiro atoms. The Balaban J connectivity index is 1.76. The Hall–Kier alpha value is -0.250. The Morgan fingerprint density at radius 1 is 1.26 bits per heavy atom. The maximum absolute atomic E-state index is 6.27. The molecule has 0 aliphatic heterocycles. The molecule has 2 fully saturated rings. The first kappa shape index (κ1) is 13.7. The highest BCUT2D eigenvalue weighted by atomic mass is 79.9. The molecular weight excluding hydrogens is 326 g/mol. The van der Waals surface area contributed by atoms with Crippen LogP contribution in [0.5, 0.6) is 5.75 Å². The summed E-state index contributed by atoms with van der Waals surface area (Å²) in [6.07, 6.45) is 7.48. The molecule has 1 aromatic rings. The first-order valence-corrected chi connectivity index (χ1v) is 8.16. The zero-order valence-corrected chi connectivity index (χ0v) is 13.2. The van der Waals surface area contributed by atoms with Crippen LogP contribution in [0.15, 0.2) is 22.7 Å². The molecule has 19 heavy (non-hydrogen) atoms. The summed E-state index contributed by atoms with van der Waals surface area (Å²) in [5.41, 5.74) is 6.48. The molecule has 0 radical (unpaired) electrons. The Bertz CT molecular complexity index is 473. The lowest BCUT2D eigenvalue weighted by atomic mass is 9.55. The zero-order chi connectivity index (χ0) is 13.5. The van der Waals surface area contributed by atoms with E-state index in [-0.39, 0.29) is 11.5 Å². The van der Waals surface area contributed by atoms with Gasteiger partial charge in [-0.15, -0.1) is 0 Å². The van der Waals surface area contributed by atoms with Gasteiger partial charge in [-0.05, 0) is 31.0 Å². The maximum Gasteiger partial charge on any atom is 0.138 e. The van der Waals surface area contributed by atoms with E-state index in [0.717, 1.165) is 16.6 Å². The van der Waals surface area contributed by atoms with E-state index in [1.165, 1.54) is 32.1 Å². The van der Waals surface area contributed by atoms with Gasteiger partial charge in [0.1, 0.15) is 11.9 Å². The average molecular weight is 345 g/mol. The summed E-state index contributed by atoms with van der Waals surface area (Å²) in [6, 6.07) is 6.08. The molecule has 0 amide bonds. The molecule has 104 valence electrons. The summed E-state index contributed by atoms with van der Waals surface area (Å²) in [5, 5.41) is 0.667. The lowest BCUT2D eigenvalue weighted by molar-refractivity contribution is -0.0898.